The quantitative estimate of drug-likeness (QED) is 0.558. The first-order chi connectivity index (χ1) is 16.3. The highest BCUT2D eigenvalue weighted by Crippen LogP contribution is 2.28. The van der Waals surface area contributed by atoms with Gasteiger partial charge in [-0.25, -0.2) is 0 Å². The predicted octanol–water partition coefficient (Wildman–Crippen LogP) is 2.70. The second-order valence-corrected chi connectivity index (χ2v) is 9.94. The minimum Gasteiger partial charge on any atom is -0.508 e. The summed E-state index contributed by atoms with van der Waals surface area (Å²) in [5.41, 5.74) is 2.09. The van der Waals surface area contributed by atoms with Crippen LogP contribution in [0.5, 0.6) is 11.5 Å². The van der Waals surface area contributed by atoms with E-state index < -0.39 is 6.04 Å². The molecule has 34 heavy (non-hydrogen) atoms. The van der Waals surface area contributed by atoms with E-state index in [2.05, 4.69) is 24.1 Å². The van der Waals surface area contributed by atoms with Gasteiger partial charge in [-0.15, -0.1) is 0 Å². The van der Waals surface area contributed by atoms with Crippen molar-refractivity contribution in [3.8, 4) is 11.5 Å². The van der Waals surface area contributed by atoms with E-state index in [1.54, 1.807) is 24.3 Å². The molecule has 3 atom stereocenters. The molecule has 2 aromatic carbocycles. The van der Waals surface area contributed by atoms with Crippen LogP contribution in [0.3, 0.4) is 0 Å². The maximum atomic E-state index is 13.8. The molecule has 182 valence electrons. The number of nitrogens with one attached hydrogen (secondary N) is 1. The standard InChI is InChI=1S/C27H35N3O4/c1-18(2)14-25-27(34)30-21(17-29(25)13-3-4-19-5-9-22(31)10-6-19)16-28-26(33)24(30)15-20-7-11-23(32)12-8-20/h5-12,18,21,24-25,31-32H,3-4,13-17H2,1-2H3,(H,28,33)/t21-,24+,25+/m1/s1. The Labute approximate surface area is 201 Å². The molecule has 2 amide bonds. The van der Waals surface area contributed by atoms with E-state index in [1.165, 1.54) is 5.56 Å². The van der Waals surface area contributed by atoms with Crippen LogP contribution in [0, 0.1) is 5.92 Å². The molecule has 0 aromatic heterocycles. The summed E-state index contributed by atoms with van der Waals surface area (Å²) in [6.07, 6.45) is 3.00. The van der Waals surface area contributed by atoms with Crippen molar-refractivity contribution >= 4 is 11.8 Å². The van der Waals surface area contributed by atoms with E-state index in [-0.39, 0.29) is 35.4 Å². The summed E-state index contributed by atoms with van der Waals surface area (Å²) in [5.74, 6) is 0.751. The summed E-state index contributed by atoms with van der Waals surface area (Å²) < 4.78 is 0. The minimum atomic E-state index is -0.537. The van der Waals surface area contributed by atoms with Crippen molar-refractivity contribution in [3.05, 3.63) is 59.7 Å². The molecule has 0 saturated carbocycles. The topological polar surface area (TPSA) is 93.1 Å². The summed E-state index contributed by atoms with van der Waals surface area (Å²) in [5, 5.41) is 22.1. The molecule has 2 aliphatic rings. The van der Waals surface area contributed by atoms with Gasteiger partial charge in [0.2, 0.25) is 11.8 Å². The van der Waals surface area contributed by atoms with Gasteiger partial charge in [-0.2, -0.15) is 0 Å². The van der Waals surface area contributed by atoms with Gasteiger partial charge in [-0.3, -0.25) is 14.5 Å². The third-order valence-electron chi connectivity index (χ3n) is 6.88. The van der Waals surface area contributed by atoms with E-state index in [0.29, 0.717) is 18.9 Å². The fraction of sp³-hybridized carbons (Fsp3) is 0.481. The summed E-state index contributed by atoms with van der Waals surface area (Å²) in [4.78, 5) is 30.8. The molecule has 2 heterocycles. The molecule has 2 fully saturated rings. The van der Waals surface area contributed by atoms with Gasteiger partial charge in [0.1, 0.15) is 17.5 Å². The average molecular weight is 466 g/mol. The fourth-order valence-electron chi connectivity index (χ4n) is 5.17. The van der Waals surface area contributed by atoms with E-state index >= 15 is 0 Å². The SMILES string of the molecule is CC(C)C[C@H]1C(=O)N2[C@H](CNC(=O)[C@@H]2Cc2ccc(O)cc2)CN1CCCc1ccc(O)cc1. The number of phenols is 2. The number of benzene rings is 2. The number of aromatic hydroxyl groups is 2. The largest absolute Gasteiger partial charge is 0.508 e. The van der Waals surface area contributed by atoms with Gasteiger partial charge in [-0.1, -0.05) is 38.1 Å². The van der Waals surface area contributed by atoms with Crippen molar-refractivity contribution in [3.63, 3.8) is 0 Å². The van der Waals surface area contributed by atoms with Crippen LogP contribution in [0.4, 0.5) is 0 Å². The number of phenolic OH excluding ortho intramolecular Hbond substituents is 2. The predicted molar refractivity (Wildman–Crippen MR) is 130 cm³/mol. The van der Waals surface area contributed by atoms with Gasteiger partial charge < -0.3 is 20.4 Å². The molecule has 0 unspecified atom stereocenters. The molecule has 2 saturated heterocycles. The number of aryl methyl sites for hydroxylation is 1. The maximum Gasteiger partial charge on any atom is 0.243 e. The highest BCUT2D eigenvalue weighted by Gasteiger charge is 2.47. The first kappa shape index (κ1) is 24.1. The van der Waals surface area contributed by atoms with Crippen LogP contribution in [0.15, 0.2) is 48.5 Å². The Kier molecular flexibility index (Phi) is 7.41. The van der Waals surface area contributed by atoms with E-state index in [1.807, 2.05) is 29.2 Å². The fourth-order valence-corrected chi connectivity index (χ4v) is 5.17. The number of carbonyl (C=O) groups excluding carboxylic acids is 2. The number of rotatable bonds is 8. The van der Waals surface area contributed by atoms with Gasteiger partial charge in [0, 0.05) is 19.5 Å². The first-order valence-electron chi connectivity index (χ1n) is 12.2. The molecule has 4 rings (SSSR count). The van der Waals surface area contributed by atoms with Crippen molar-refractivity contribution in [1.29, 1.82) is 0 Å². The number of amides is 2. The number of fused-ring (bicyclic) bond motifs is 1. The lowest BCUT2D eigenvalue weighted by Gasteiger charge is -2.51. The van der Waals surface area contributed by atoms with Gasteiger partial charge in [0.25, 0.3) is 0 Å². The molecule has 3 N–H and O–H groups in total. The maximum absolute atomic E-state index is 13.8. The first-order valence-corrected chi connectivity index (χ1v) is 12.2. The lowest BCUT2D eigenvalue weighted by Crippen LogP contribution is -2.72. The Morgan fingerprint density at radius 1 is 0.941 bits per heavy atom. The Morgan fingerprint density at radius 2 is 1.56 bits per heavy atom. The summed E-state index contributed by atoms with van der Waals surface area (Å²) >= 11 is 0. The van der Waals surface area contributed by atoms with Gasteiger partial charge in [-0.05, 0) is 67.1 Å². The average Bonchev–Trinajstić information content (AvgIpc) is 2.80. The highest BCUT2D eigenvalue weighted by atomic mass is 16.3. The molecule has 0 radical (unpaired) electrons. The molecular weight excluding hydrogens is 430 g/mol. The second kappa shape index (κ2) is 10.5. The molecule has 2 aliphatic heterocycles. The third-order valence-corrected chi connectivity index (χ3v) is 6.88. The number of piperazine rings is 2. The van der Waals surface area contributed by atoms with Crippen molar-refractivity contribution in [2.24, 2.45) is 5.92 Å². The summed E-state index contributed by atoms with van der Waals surface area (Å²) in [6.45, 7) is 6.28. The second-order valence-electron chi connectivity index (χ2n) is 9.94. The van der Waals surface area contributed by atoms with Crippen LogP contribution in [-0.4, -0.2) is 69.6 Å². The van der Waals surface area contributed by atoms with Crippen LogP contribution >= 0.6 is 0 Å². The van der Waals surface area contributed by atoms with Crippen LogP contribution in [0.2, 0.25) is 0 Å². The normalized spacial score (nSPS) is 23.1. The summed E-state index contributed by atoms with van der Waals surface area (Å²) in [6, 6.07) is 13.3. The van der Waals surface area contributed by atoms with Crippen molar-refractivity contribution in [2.45, 2.75) is 57.7 Å². The van der Waals surface area contributed by atoms with E-state index in [0.717, 1.165) is 37.9 Å². The Bertz CT molecular complexity index is 990. The lowest BCUT2D eigenvalue weighted by atomic mass is 9.91. The molecule has 0 aliphatic carbocycles. The zero-order chi connectivity index (χ0) is 24.2. The van der Waals surface area contributed by atoms with Gasteiger partial charge in [0.15, 0.2) is 0 Å². The number of hydrogen-bond donors (Lipinski definition) is 3. The Balaban J connectivity index is 1.48. The molecule has 0 spiro atoms. The Morgan fingerprint density at radius 3 is 2.18 bits per heavy atom. The lowest BCUT2D eigenvalue weighted by molar-refractivity contribution is -0.158. The Hall–Kier alpha value is -3.06. The number of nitrogens with zero attached hydrogens (tertiary/aromatic N) is 2. The smallest absolute Gasteiger partial charge is 0.243 e. The highest BCUT2D eigenvalue weighted by molar-refractivity contribution is 5.92. The number of hydrogen-bond acceptors (Lipinski definition) is 5. The zero-order valence-corrected chi connectivity index (χ0v) is 20.0. The minimum absolute atomic E-state index is 0.0493. The zero-order valence-electron chi connectivity index (χ0n) is 20.0. The molecular formula is C27H35N3O4. The van der Waals surface area contributed by atoms with E-state index in [9.17, 15) is 19.8 Å². The van der Waals surface area contributed by atoms with Crippen molar-refractivity contribution < 1.29 is 19.8 Å². The van der Waals surface area contributed by atoms with Crippen molar-refractivity contribution in [2.75, 3.05) is 19.6 Å². The molecule has 7 heteroatoms. The summed E-state index contributed by atoms with van der Waals surface area (Å²) in [7, 11) is 0. The molecule has 0 bridgehead atoms. The van der Waals surface area contributed by atoms with Gasteiger partial charge >= 0.3 is 0 Å². The third kappa shape index (κ3) is 5.53. The van der Waals surface area contributed by atoms with Crippen LogP contribution in [0.1, 0.15) is 37.8 Å². The van der Waals surface area contributed by atoms with E-state index in [4.69, 9.17) is 0 Å². The van der Waals surface area contributed by atoms with Gasteiger partial charge in [0.05, 0.1) is 12.1 Å². The number of carbonyl (C=O) groups is 2. The van der Waals surface area contributed by atoms with Crippen LogP contribution in [-0.2, 0) is 22.4 Å². The molecule has 7 nitrogen and oxygen atoms in total. The van der Waals surface area contributed by atoms with Crippen LogP contribution < -0.4 is 5.32 Å². The monoisotopic (exact) mass is 465 g/mol. The van der Waals surface area contributed by atoms with Crippen LogP contribution in [0.25, 0.3) is 0 Å². The molecule has 2 aromatic rings. The van der Waals surface area contributed by atoms with Crippen molar-refractivity contribution in [1.82, 2.24) is 15.1 Å².